The maximum absolute atomic E-state index is 13.0. The Morgan fingerprint density at radius 3 is 2.50 bits per heavy atom. The Kier molecular flexibility index (Phi) is 5.17. The normalized spacial score (nSPS) is 11.6. The third kappa shape index (κ3) is 3.51. The minimum Gasteiger partial charge on any atom is -0.343 e. The SMILES string of the molecule is CN(C)Cc1ccc(-c2nc(C(=O)N(C)C)c3c4ccc(Cl)cc4n(C)c3n2)cn1. The Morgan fingerprint density at radius 1 is 1.10 bits per heavy atom. The summed E-state index contributed by atoms with van der Waals surface area (Å²) >= 11 is 6.21. The predicted molar refractivity (Wildman–Crippen MR) is 120 cm³/mol. The molecule has 0 fully saturated rings. The van der Waals surface area contributed by atoms with Gasteiger partial charge in [0.05, 0.1) is 16.6 Å². The van der Waals surface area contributed by atoms with Crippen LogP contribution in [0.15, 0.2) is 36.5 Å². The number of benzene rings is 1. The van der Waals surface area contributed by atoms with Gasteiger partial charge < -0.3 is 14.4 Å². The number of rotatable bonds is 4. The molecule has 0 spiro atoms. The Morgan fingerprint density at radius 2 is 1.87 bits per heavy atom. The summed E-state index contributed by atoms with van der Waals surface area (Å²) in [5, 5.41) is 2.25. The molecule has 4 rings (SSSR count). The fourth-order valence-electron chi connectivity index (χ4n) is 3.52. The molecule has 0 saturated heterocycles. The second-order valence-corrected chi connectivity index (χ2v) is 8.23. The molecule has 0 aliphatic carbocycles. The molecule has 0 radical (unpaired) electrons. The van der Waals surface area contributed by atoms with Crippen molar-refractivity contribution in [2.45, 2.75) is 6.54 Å². The molecular weight excluding hydrogens is 400 g/mol. The number of amides is 1. The molecule has 1 amide bonds. The van der Waals surface area contributed by atoms with Crippen molar-refractivity contribution in [3.05, 3.63) is 52.9 Å². The summed E-state index contributed by atoms with van der Waals surface area (Å²) < 4.78 is 1.95. The van der Waals surface area contributed by atoms with Crippen molar-refractivity contribution >= 4 is 39.4 Å². The van der Waals surface area contributed by atoms with Gasteiger partial charge in [-0.15, -0.1) is 0 Å². The van der Waals surface area contributed by atoms with Crippen molar-refractivity contribution in [3.63, 3.8) is 0 Å². The average Bonchev–Trinajstić information content (AvgIpc) is 2.98. The first kappa shape index (κ1) is 20.3. The molecule has 30 heavy (non-hydrogen) atoms. The van der Waals surface area contributed by atoms with E-state index in [4.69, 9.17) is 16.6 Å². The highest BCUT2D eigenvalue weighted by atomic mass is 35.5. The van der Waals surface area contributed by atoms with Crippen LogP contribution in [0.2, 0.25) is 5.02 Å². The number of pyridine rings is 1. The predicted octanol–water partition coefficient (Wildman–Crippen LogP) is 3.60. The van der Waals surface area contributed by atoms with Gasteiger partial charge in [-0.1, -0.05) is 17.7 Å². The van der Waals surface area contributed by atoms with Gasteiger partial charge in [-0.05, 0) is 38.4 Å². The molecule has 8 heteroatoms. The van der Waals surface area contributed by atoms with E-state index in [1.807, 2.05) is 56.0 Å². The summed E-state index contributed by atoms with van der Waals surface area (Å²) in [6, 6.07) is 9.50. The van der Waals surface area contributed by atoms with Crippen LogP contribution in [0.5, 0.6) is 0 Å². The summed E-state index contributed by atoms with van der Waals surface area (Å²) in [7, 11) is 9.35. The lowest BCUT2D eigenvalue weighted by molar-refractivity contribution is 0.0824. The second-order valence-electron chi connectivity index (χ2n) is 7.79. The zero-order valence-corrected chi connectivity index (χ0v) is 18.4. The van der Waals surface area contributed by atoms with Crippen molar-refractivity contribution in [1.29, 1.82) is 0 Å². The third-order valence-electron chi connectivity index (χ3n) is 4.97. The van der Waals surface area contributed by atoms with E-state index < -0.39 is 0 Å². The zero-order valence-electron chi connectivity index (χ0n) is 17.6. The fraction of sp³-hybridized carbons (Fsp3) is 0.273. The van der Waals surface area contributed by atoms with Crippen molar-refractivity contribution in [2.75, 3.05) is 28.2 Å². The van der Waals surface area contributed by atoms with E-state index in [0.717, 1.165) is 34.1 Å². The van der Waals surface area contributed by atoms with Crippen molar-refractivity contribution in [2.24, 2.45) is 7.05 Å². The number of carbonyl (C=O) groups is 1. The molecule has 0 saturated carbocycles. The molecule has 3 heterocycles. The molecule has 0 N–H and O–H groups in total. The molecule has 0 atom stereocenters. The van der Waals surface area contributed by atoms with E-state index in [2.05, 4.69) is 14.9 Å². The first-order valence-corrected chi connectivity index (χ1v) is 9.91. The number of aryl methyl sites for hydroxylation is 1. The molecule has 4 aromatic rings. The standard InChI is InChI=1S/C22H23ClN6O/c1-27(2)12-15-8-6-13(11-24-15)20-25-19(22(30)28(3)4)18-16-9-7-14(23)10-17(16)29(5)21(18)26-20/h6-11H,12H2,1-5H3. The molecule has 0 aliphatic rings. The fourth-order valence-corrected chi connectivity index (χ4v) is 3.68. The molecule has 154 valence electrons. The highest BCUT2D eigenvalue weighted by molar-refractivity contribution is 6.31. The number of hydrogen-bond donors (Lipinski definition) is 0. The lowest BCUT2D eigenvalue weighted by Gasteiger charge is -2.12. The topological polar surface area (TPSA) is 67.2 Å². The molecule has 0 aliphatic heterocycles. The van der Waals surface area contributed by atoms with Gasteiger partial charge in [0.2, 0.25) is 0 Å². The van der Waals surface area contributed by atoms with Crippen LogP contribution < -0.4 is 0 Å². The monoisotopic (exact) mass is 422 g/mol. The molecular formula is C22H23ClN6O. The summed E-state index contributed by atoms with van der Waals surface area (Å²) in [6.45, 7) is 0.745. The highest BCUT2D eigenvalue weighted by Gasteiger charge is 2.23. The Hall–Kier alpha value is -3.03. The van der Waals surface area contributed by atoms with E-state index >= 15 is 0 Å². The molecule has 3 aromatic heterocycles. The number of hydrogen-bond acceptors (Lipinski definition) is 5. The number of nitrogens with zero attached hydrogens (tertiary/aromatic N) is 6. The Labute approximate surface area is 179 Å². The van der Waals surface area contributed by atoms with Crippen LogP contribution in [0, 0.1) is 0 Å². The van der Waals surface area contributed by atoms with Gasteiger partial charge in [-0.3, -0.25) is 9.78 Å². The summed E-state index contributed by atoms with van der Waals surface area (Å²) in [5.74, 6) is 0.289. The van der Waals surface area contributed by atoms with E-state index in [9.17, 15) is 4.79 Å². The number of aromatic nitrogens is 4. The molecule has 0 unspecified atom stereocenters. The van der Waals surface area contributed by atoms with Gasteiger partial charge in [0.15, 0.2) is 5.82 Å². The summed E-state index contributed by atoms with van der Waals surface area (Å²) in [6.07, 6.45) is 1.75. The van der Waals surface area contributed by atoms with Gasteiger partial charge in [0.25, 0.3) is 5.91 Å². The van der Waals surface area contributed by atoms with Crippen LogP contribution in [-0.2, 0) is 13.6 Å². The molecule has 1 aromatic carbocycles. The minimum atomic E-state index is -0.178. The van der Waals surface area contributed by atoms with Crippen LogP contribution >= 0.6 is 11.6 Å². The van der Waals surface area contributed by atoms with Crippen LogP contribution in [0.3, 0.4) is 0 Å². The lowest BCUT2D eigenvalue weighted by Crippen LogP contribution is -2.23. The van der Waals surface area contributed by atoms with Crippen molar-refractivity contribution in [1.82, 2.24) is 29.3 Å². The summed E-state index contributed by atoms with van der Waals surface area (Å²) in [5.41, 5.74) is 3.66. The number of halogens is 1. The summed E-state index contributed by atoms with van der Waals surface area (Å²) in [4.78, 5) is 30.6. The van der Waals surface area contributed by atoms with E-state index in [1.54, 1.807) is 20.3 Å². The average molecular weight is 423 g/mol. The maximum Gasteiger partial charge on any atom is 0.272 e. The zero-order chi connectivity index (χ0) is 21.6. The largest absolute Gasteiger partial charge is 0.343 e. The van der Waals surface area contributed by atoms with Gasteiger partial charge in [-0.25, -0.2) is 9.97 Å². The van der Waals surface area contributed by atoms with E-state index in [-0.39, 0.29) is 5.91 Å². The Balaban J connectivity index is 1.97. The second kappa shape index (κ2) is 7.66. The van der Waals surface area contributed by atoms with E-state index in [0.29, 0.717) is 22.2 Å². The first-order chi connectivity index (χ1) is 14.3. The minimum absolute atomic E-state index is 0.178. The number of fused-ring (bicyclic) bond motifs is 3. The van der Waals surface area contributed by atoms with Crippen molar-refractivity contribution in [3.8, 4) is 11.4 Å². The van der Waals surface area contributed by atoms with Gasteiger partial charge >= 0.3 is 0 Å². The van der Waals surface area contributed by atoms with Crippen LogP contribution in [0.1, 0.15) is 16.2 Å². The van der Waals surface area contributed by atoms with Crippen LogP contribution in [-0.4, -0.2) is 63.4 Å². The third-order valence-corrected chi connectivity index (χ3v) is 5.20. The highest BCUT2D eigenvalue weighted by Crippen LogP contribution is 2.32. The van der Waals surface area contributed by atoms with Gasteiger partial charge in [0, 0.05) is 49.9 Å². The van der Waals surface area contributed by atoms with Crippen LogP contribution in [0.25, 0.3) is 33.3 Å². The van der Waals surface area contributed by atoms with Gasteiger partial charge in [0.1, 0.15) is 11.3 Å². The van der Waals surface area contributed by atoms with Crippen LogP contribution in [0.4, 0.5) is 0 Å². The lowest BCUT2D eigenvalue weighted by atomic mass is 10.1. The van der Waals surface area contributed by atoms with Gasteiger partial charge in [-0.2, -0.15) is 0 Å². The van der Waals surface area contributed by atoms with E-state index in [1.165, 1.54) is 4.90 Å². The molecule has 7 nitrogen and oxygen atoms in total. The Bertz CT molecular complexity index is 1260. The quantitative estimate of drug-likeness (QED) is 0.502. The first-order valence-electron chi connectivity index (χ1n) is 9.53. The molecule has 0 bridgehead atoms. The maximum atomic E-state index is 13.0. The smallest absolute Gasteiger partial charge is 0.272 e. The van der Waals surface area contributed by atoms with Crippen molar-refractivity contribution < 1.29 is 4.79 Å². The number of carbonyl (C=O) groups excluding carboxylic acids is 1.